The summed E-state index contributed by atoms with van der Waals surface area (Å²) in [5, 5.41) is 2.37. The third kappa shape index (κ3) is 4.76. The summed E-state index contributed by atoms with van der Waals surface area (Å²) in [6.45, 7) is 3.82. The molecule has 0 radical (unpaired) electrons. The molecule has 1 rings (SSSR count). The van der Waals surface area contributed by atoms with Gasteiger partial charge in [-0.1, -0.05) is 11.6 Å². The topological polar surface area (TPSA) is 63.2 Å². The molecule has 0 aliphatic heterocycles. The molecule has 19 heavy (non-hydrogen) atoms. The largest absolute Gasteiger partial charge is 0.356 e. The molecule has 0 aromatic heterocycles. The number of carbonyl (C=O) groups excluding carboxylic acids is 2. The summed E-state index contributed by atoms with van der Waals surface area (Å²) in [6.07, 6.45) is 0. The van der Waals surface area contributed by atoms with Crippen LogP contribution in [-0.2, 0) is 15.6 Å². The van der Waals surface area contributed by atoms with E-state index in [1.807, 2.05) is 0 Å². The van der Waals surface area contributed by atoms with Gasteiger partial charge in [-0.2, -0.15) is 0 Å². The van der Waals surface area contributed by atoms with E-state index in [0.717, 1.165) is 0 Å². The Kier molecular flexibility index (Phi) is 6.18. The lowest BCUT2D eigenvalue weighted by Crippen LogP contribution is -2.33. The maximum Gasteiger partial charge on any atom is 0.232 e. The van der Waals surface area contributed by atoms with Crippen LogP contribution in [0.1, 0.15) is 24.2 Å². The third-order valence-electron chi connectivity index (χ3n) is 2.54. The summed E-state index contributed by atoms with van der Waals surface area (Å²) in [5.74, 6) is -0.718. The van der Waals surface area contributed by atoms with Crippen molar-refractivity contribution in [3.8, 4) is 0 Å². The molecule has 1 amide bonds. The predicted octanol–water partition coefficient (Wildman–Crippen LogP) is 1.80. The molecule has 0 fully saturated rings. The van der Waals surface area contributed by atoms with Crippen LogP contribution in [0.3, 0.4) is 0 Å². The van der Waals surface area contributed by atoms with Crippen molar-refractivity contribution < 1.29 is 13.8 Å². The van der Waals surface area contributed by atoms with Crippen LogP contribution in [0.5, 0.6) is 0 Å². The fraction of sp³-hybridized carbons (Fsp3) is 0.385. The number of amides is 1. The minimum Gasteiger partial charge on any atom is -0.356 e. The van der Waals surface area contributed by atoms with Gasteiger partial charge in [0.15, 0.2) is 5.78 Å². The Bertz CT molecular complexity index is 487. The molecular formula is C13H16ClNO3S. The highest BCUT2D eigenvalue weighted by Crippen LogP contribution is 2.13. The van der Waals surface area contributed by atoms with E-state index >= 15 is 0 Å². The SMILES string of the molecule is CCNC(=O)CS(=O)C(C)C(=O)c1ccc(Cl)cc1. The first kappa shape index (κ1) is 15.9. The molecule has 0 saturated heterocycles. The number of ketones is 1. The van der Waals surface area contributed by atoms with Crippen molar-refractivity contribution in [1.82, 2.24) is 5.32 Å². The Labute approximate surface area is 120 Å². The van der Waals surface area contributed by atoms with Gasteiger partial charge in [0.1, 0.15) is 5.75 Å². The molecule has 0 heterocycles. The highest BCUT2D eigenvalue weighted by Gasteiger charge is 2.23. The molecule has 0 aliphatic carbocycles. The lowest BCUT2D eigenvalue weighted by molar-refractivity contribution is -0.118. The van der Waals surface area contributed by atoms with Crippen molar-refractivity contribution >= 4 is 34.1 Å². The van der Waals surface area contributed by atoms with E-state index in [1.54, 1.807) is 38.1 Å². The van der Waals surface area contributed by atoms with Gasteiger partial charge < -0.3 is 5.32 Å². The number of carbonyl (C=O) groups is 2. The molecule has 6 heteroatoms. The van der Waals surface area contributed by atoms with Gasteiger partial charge in [0.05, 0.1) is 5.25 Å². The van der Waals surface area contributed by atoms with Crippen molar-refractivity contribution in [3.63, 3.8) is 0 Å². The van der Waals surface area contributed by atoms with E-state index in [2.05, 4.69) is 5.32 Å². The Morgan fingerprint density at radius 1 is 1.32 bits per heavy atom. The lowest BCUT2D eigenvalue weighted by atomic mass is 10.1. The van der Waals surface area contributed by atoms with E-state index in [4.69, 9.17) is 11.6 Å². The highest BCUT2D eigenvalue weighted by atomic mass is 35.5. The van der Waals surface area contributed by atoms with Crippen LogP contribution >= 0.6 is 11.6 Å². The number of hydrogen-bond acceptors (Lipinski definition) is 3. The van der Waals surface area contributed by atoms with Gasteiger partial charge in [-0.05, 0) is 38.1 Å². The molecule has 0 aliphatic rings. The van der Waals surface area contributed by atoms with Crippen molar-refractivity contribution in [1.29, 1.82) is 0 Å². The third-order valence-corrected chi connectivity index (χ3v) is 4.34. The van der Waals surface area contributed by atoms with E-state index in [9.17, 15) is 13.8 Å². The number of nitrogens with one attached hydrogen (secondary N) is 1. The van der Waals surface area contributed by atoms with Crippen molar-refractivity contribution in [3.05, 3.63) is 34.9 Å². The first-order valence-electron chi connectivity index (χ1n) is 5.89. The van der Waals surface area contributed by atoms with Gasteiger partial charge in [0.25, 0.3) is 0 Å². The van der Waals surface area contributed by atoms with Gasteiger partial charge in [-0.15, -0.1) is 0 Å². The Hall–Kier alpha value is -1.20. The number of rotatable bonds is 6. The second kappa shape index (κ2) is 7.40. The van der Waals surface area contributed by atoms with Crippen LogP contribution in [0.25, 0.3) is 0 Å². The van der Waals surface area contributed by atoms with Gasteiger partial charge in [0, 0.05) is 27.9 Å². The molecule has 0 bridgehead atoms. The normalized spacial score (nSPS) is 13.6. The fourth-order valence-corrected chi connectivity index (χ4v) is 2.58. The quantitative estimate of drug-likeness (QED) is 0.815. The molecule has 1 N–H and O–H groups in total. The predicted molar refractivity (Wildman–Crippen MR) is 76.9 cm³/mol. The summed E-state index contributed by atoms with van der Waals surface area (Å²) in [5.41, 5.74) is 0.446. The Balaban J connectivity index is 2.68. The van der Waals surface area contributed by atoms with Gasteiger partial charge in [0.2, 0.25) is 5.91 Å². The molecule has 104 valence electrons. The first-order chi connectivity index (χ1) is 8.95. The van der Waals surface area contributed by atoms with Crippen LogP contribution in [-0.4, -0.2) is 33.4 Å². The molecule has 1 aromatic rings. The van der Waals surface area contributed by atoms with E-state index in [-0.39, 0.29) is 17.4 Å². The van der Waals surface area contributed by atoms with Crippen molar-refractivity contribution in [2.75, 3.05) is 12.3 Å². The van der Waals surface area contributed by atoms with Gasteiger partial charge in [-0.3, -0.25) is 13.8 Å². The number of Topliss-reactive ketones (excluding diaryl/α,β-unsaturated/α-hetero) is 1. The van der Waals surface area contributed by atoms with Crippen LogP contribution < -0.4 is 5.32 Å². The number of halogens is 1. The molecular weight excluding hydrogens is 286 g/mol. The second-order valence-corrected chi connectivity index (χ2v) is 6.19. The zero-order valence-electron chi connectivity index (χ0n) is 10.8. The maximum absolute atomic E-state index is 12.1. The summed E-state index contributed by atoms with van der Waals surface area (Å²) in [7, 11) is -1.53. The van der Waals surface area contributed by atoms with Crippen molar-refractivity contribution in [2.45, 2.75) is 19.1 Å². The summed E-state index contributed by atoms with van der Waals surface area (Å²) < 4.78 is 11.9. The van der Waals surface area contributed by atoms with E-state index in [0.29, 0.717) is 17.1 Å². The van der Waals surface area contributed by atoms with E-state index in [1.165, 1.54) is 0 Å². The average Bonchev–Trinajstić information content (AvgIpc) is 2.38. The lowest BCUT2D eigenvalue weighted by Gasteiger charge is -2.10. The summed E-state index contributed by atoms with van der Waals surface area (Å²) in [4.78, 5) is 23.4. The molecule has 0 saturated carbocycles. The van der Waals surface area contributed by atoms with Crippen LogP contribution in [0.2, 0.25) is 5.02 Å². The molecule has 2 unspecified atom stereocenters. The molecule has 4 nitrogen and oxygen atoms in total. The maximum atomic E-state index is 12.1. The molecule has 1 aromatic carbocycles. The molecule has 0 spiro atoms. The first-order valence-corrected chi connectivity index (χ1v) is 7.65. The Morgan fingerprint density at radius 3 is 2.42 bits per heavy atom. The average molecular weight is 302 g/mol. The second-order valence-electron chi connectivity index (χ2n) is 3.99. The fourth-order valence-electron chi connectivity index (χ4n) is 1.47. The minimum absolute atomic E-state index is 0.158. The highest BCUT2D eigenvalue weighted by molar-refractivity contribution is 7.87. The minimum atomic E-state index is -1.53. The zero-order chi connectivity index (χ0) is 14.4. The van der Waals surface area contributed by atoms with Crippen LogP contribution in [0, 0.1) is 0 Å². The number of benzene rings is 1. The smallest absolute Gasteiger partial charge is 0.232 e. The monoisotopic (exact) mass is 301 g/mol. The Morgan fingerprint density at radius 2 is 1.89 bits per heavy atom. The number of hydrogen-bond donors (Lipinski definition) is 1. The van der Waals surface area contributed by atoms with Crippen molar-refractivity contribution in [2.24, 2.45) is 0 Å². The van der Waals surface area contributed by atoms with Gasteiger partial charge in [-0.25, -0.2) is 0 Å². The standard InChI is InChI=1S/C13H16ClNO3S/c1-3-15-12(16)8-19(18)9(2)13(17)10-4-6-11(14)7-5-10/h4-7,9H,3,8H2,1-2H3,(H,15,16). The van der Waals surface area contributed by atoms with Gasteiger partial charge >= 0.3 is 0 Å². The van der Waals surface area contributed by atoms with E-state index < -0.39 is 16.0 Å². The summed E-state index contributed by atoms with van der Waals surface area (Å²) in [6, 6.07) is 6.39. The van der Waals surface area contributed by atoms with Crippen LogP contribution in [0.15, 0.2) is 24.3 Å². The summed E-state index contributed by atoms with van der Waals surface area (Å²) >= 11 is 5.74. The van der Waals surface area contributed by atoms with Crippen LogP contribution in [0.4, 0.5) is 0 Å². The zero-order valence-corrected chi connectivity index (χ0v) is 12.4. The molecule has 2 atom stereocenters.